The lowest BCUT2D eigenvalue weighted by Gasteiger charge is -2.19. The minimum atomic E-state index is -0.248. The summed E-state index contributed by atoms with van der Waals surface area (Å²) in [6.07, 6.45) is 1.63. The van der Waals surface area contributed by atoms with Crippen molar-refractivity contribution in [1.82, 2.24) is 24.8 Å². The molecule has 2 fully saturated rings. The third-order valence-electron chi connectivity index (χ3n) is 5.95. The maximum Gasteiger partial charge on any atom is 0.409 e. The third kappa shape index (κ3) is 3.01. The lowest BCUT2D eigenvalue weighted by Crippen LogP contribution is -2.33. The van der Waals surface area contributed by atoms with Crippen molar-refractivity contribution in [2.24, 2.45) is 11.8 Å². The zero-order valence-corrected chi connectivity index (χ0v) is 16.8. The first kappa shape index (κ1) is 18.0. The van der Waals surface area contributed by atoms with Crippen LogP contribution in [0, 0.1) is 11.8 Å². The van der Waals surface area contributed by atoms with Crippen LogP contribution in [0.3, 0.4) is 0 Å². The molecule has 0 N–H and O–H groups in total. The van der Waals surface area contributed by atoms with Crippen LogP contribution < -0.4 is 4.90 Å². The number of benzene rings is 1. The Kier molecular flexibility index (Phi) is 4.18. The number of amides is 1. The van der Waals surface area contributed by atoms with Gasteiger partial charge in [0.25, 0.3) is 0 Å². The number of aromatic nitrogens is 4. The van der Waals surface area contributed by atoms with Crippen LogP contribution in [0.4, 0.5) is 10.8 Å². The molecule has 0 saturated carbocycles. The number of nitrogens with zero attached hydrogens (tertiary/aromatic N) is 6. The molecule has 29 heavy (non-hydrogen) atoms. The fourth-order valence-corrected chi connectivity index (χ4v) is 4.48. The van der Waals surface area contributed by atoms with Crippen molar-refractivity contribution < 1.29 is 14.1 Å². The van der Waals surface area contributed by atoms with Gasteiger partial charge in [0.2, 0.25) is 5.82 Å². The molecule has 0 radical (unpaired) electrons. The van der Waals surface area contributed by atoms with Crippen molar-refractivity contribution in [2.75, 3.05) is 38.2 Å². The number of carbonyl (C=O) groups excluding carboxylic acids is 1. The van der Waals surface area contributed by atoms with E-state index in [2.05, 4.69) is 40.1 Å². The smallest absolute Gasteiger partial charge is 0.409 e. The molecule has 1 aromatic carbocycles. The van der Waals surface area contributed by atoms with Crippen LogP contribution in [0.2, 0.25) is 0 Å². The zero-order valence-electron chi connectivity index (χ0n) is 16.8. The average molecular weight is 396 g/mol. The molecule has 9 nitrogen and oxygen atoms in total. The molecule has 9 heteroatoms. The molecule has 3 aromatic rings. The van der Waals surface area contributed by atoms with Crippen molar-refractivity contribution in [3.63, 3.8) is 0 Å². The van der Waals surface area contributed by atoms with Gasteiger partial charge in [0.1, 0.15) is 0 Å². The van der Waals surface area contributed by atoms with Gasteiger partial charge in [0.05, 0.1) is 18.8 Å². The van der Waals surface area contributed by atoms with Gasteiger partial charge in [-0.15, -0.1) is 0 Å². The molecule has 0 aliphatic carbocycles. The highest BCUT2D eigenvalue weighted by Gasteiger charge is 2.43. The number of rotatable bonds is 3. The average Bonchev–Trinajstić information content (AvgIpc) is 3.47. The first-order chi connectivity index (χ1) is 14.0. The number of hydrogen-bond acceptors (Lipinski definition) is 7. The van der Waals surface area contributed by atoms with E-state index in [0.29, 0.717) is 36.8 Å². The molecular weight excluding hydrogens is 372 g/mol. The summed E-state index contributed by atoms with van der Waals surface area (Å²) in [4.78, 5) is 20.3. The van der Waals surface area contributed by atoms with E-state index < -0.39 is 0 Å². The van der Waals surface area contributed by atoms with E-state index in [1.165, 1.54) is 7.11 Å². The number of likely N-dealkylation sites (tertiary alicyclic amines) is 1. The van der Waals surface area contributed by atoms with Gasteiger partial charge in [0, 0.05) is 55.0 Å². The van der Waals surface area contributed by atoms with Gasteiger partial charge >= 0.3 is 12.1 Å². The number of ether oxygens (including phenoxy) is 1. The molecule has 2 atom stereocenters. The van der Waals surface area contributed by atoms with Crippen molar-refractivity contribution in [3.8, 4) is 11.4 Å². The molecular formula is C20H24N6O3. The topological polar surface area (TPSA) is 89.5 Å². The van der Waals surface area contributed by atoms with Crippen LogP contribution in [0.1, 0.15) is 19.9 Å². The summed E-state index contributed by atoms with van der Waals surface area (Å²) in [5.74, 6) is 1.38. The van der Waals surface area contributed by atoms with Crippen LogP contribution in [-0.2, 0) is 4.74 Å². The molecule has 2 saturated heterocycles. The highest BCUT2D eigenvalue weighted by Crippen LogP contribution is 2.34. The predicted octanol–water partition coefficient (Wildman–Crippen LogP) is 2.80. The number of methoxy groups -OCH3 is 1. The van der Waals surface area contributed by atoms with Crippen LogP contribution in [0.25, 0.3) is 22.3 Å². The highest BCUT2D eigenvalue weighted by molar-refractivity contribution is 5.83. The summed E-state index contributed by atoms with van der Waals surface area (Å²) in [5, 5.41) is 9.76. The lowest BCUT2D eigenvalue weighted by atomic mass is 10.0. The maximum atomic E-state index is 11.7. The van der Waals surface area contributed by atoms with E-state index in [9.17, 15) is 4.79 Å². The van der Waals surface area contributed by atoms with Gasteiger partial charge in [-0.3, -0.25) is 4.68 Å². The fourth-order valence-electron chi connectivity index (χ4n) is 4.48. The Morgan fingerprint density at radius 2 is 1.97 bits per heavy atom. The Morgan fingerprint density at radius 1 is 1.21 bits per heavy atom. The number of anilines is 1. The predicted molar refractivity (Wildman–Crippen MR) is 107 cm³/mol. The van der Waals surface area contributed by atoms with E-state index in [4.69, 9.17) is 9.26 Å². The summed E-state index contributed by atoms with van der Waals surface area (Å²) in [6, 6.07) is 6.91. The van der Waals surface area contributed by atoms with E-state index in [0.717, 1.165) is 29.6 Å². The van der Waals surface area contributed by atoms with Crippen LogP contribution >= 0.6 is 0 Å². The monoisotopic (exact) mass is 396 g/mol. The van der Waals surface area contributed by atoms with Crippen molar-refractivity contribution in [2.45, 2.75) is 19.9 Å². The zero-order chi connectivity index (χ0) is 20.1. The Morgan fingerprint density at radius 3 is 2.66 bits per heavy atom. The van der Waals surface area contributed by atoms with Gasteiger partial charge < -0.3 is 19.1 Å². The second-order valence-corrected chi connectivity index (χ2v) is 8.16. The fraction of sp³-hybridized carbons (Fsp3) is 0.500. The highest BCUT2D eigenvalue weighted by atomic mass is 16.5. The van der Waals surface area contributed by atoms with Crippen LogP contribution in [-0.4, -0.2) is 64.2 Å². The van der Waals surface area contributed by atoms with E-state index in [1.807, 2.05) is 23.0 Å². The molecule has 2 aromatic heterocycles. The van der Waals surface area contributed by atoms with E-state index in [-0.39, 0.29) is 12.1 Å². The first-order valence-corrected chi connectivity index (χ1v) is 9.92. The van der Waals surface area contributed by atoms with E-state index in [1.54, 1.807) is 4.90 Å². The Bertz CT molecular complexity index is 1040. The Hall–Kier alpha value is -3.10. The second-order valence-electron chi connectivity index (χ2n) is 8.16. The molecule has 2 aliphatic heterocycles. The number of hydrogen-bond donors (Lipinski definition) is 0. The molecule has 1 amide bonds. The standard InChI is InChI=1S/C20H24N6O3/c1-12(2)26-17-6-13(4-5-14(17)7-21-26)18-22-19(29-23-18)24-8-15-10-25(20(27)28-3)11-16(15)9-24/h4-7,12,15-16H,8-11H2,1-3H3/t15-,16-/m1/s1. The Labute approximate surface area is 168 Å². The van der Waals surface area contributed by atoms with Gasteiger partial charge in [-0.25, -0.2) is 4.79 Å². The summed E-state index contributed by atoms with van der Waals surface area (Å²) in [5.41, 5.74) is 1.97. The molecule has 0 unspecified atom stereocenters. The lowest BCUT2D eigenvalue weighted by molar-refractivity contribution is 0.130. The van der Waals surface area contributed by atoms with E-state index >= 15 is 0 Å². The van der Waals surface area contributed by atoms with Gasteiger partial charge in [-0.05, 0) is 19.9 Å². The van der Waals surface area contributed by atoms with Crippen molar-refractivity contribution in [3.05, 3.63) is 24.4 Å². The number of carbonyl (C=O) groups is 1. The van der Waals surface area contributed by atoms with Gasteiger partial charge in [-0.1, -0.05) is 17.3 Å². The third-order valence-corrected chi connectivity index (χ3v) is 5.95. The van der Waals surface area contributed by atoms with Crippen molar-refractivity contribution in [1.29, 1.82) is 0 Å². The molecule has 5 rings (SSSR count). The molecule has 2 aliphatic rings. The van der Waals surface area contributed by atoms with Crippen molar-refractivity contribution >= 4 is 23.0 Å². The number of fused-ring (bicyclic) bond motifs is 2. The van der Waals surface area contributed by atoms with Gasteiger partial charge in [0.15, 0.2) is 0 Å². The first-order valence-electron chi connectivity index (χ1n) is 9.92. The largest absolute Gasteiger partial charge is 0.453 e. The summed E-state index contributed by atoms with van der Waals surface area (Å²) < 4.78 is 12.4. The molecule has 4 heterocycles. The summed E-state index contributed by atoms with van der Waals surface area (Å²) in [7, 11) is 1.42. The minimum absolute atomic E-state index is 0.248. The quantitative estimate of drug-likeness (QED) is 0.672. The summed E-state index contributed by atoms with van der Waals surface area (Å²) in [6.45, 7) is 7.25. The normalized spacial score (nSPS) is 21.4. The molecule has 0 bridgehead atoms. The second kappa shape index (κ2) is 6.75. The van der Waals surface area contributed by atoms with Gasteiger partial charge in [-0.2, -0.15) is 10.1 Å². The van der Waals surface area contributed by atoms with Crippen LogP contribution in [0.5, 0.6) is 0 Å². The molecule has 152 valence electrons. The van der Waals surface area contributed by atoms with Crippen LogP contribution in [0.15, 0.2) is 28.9 Å². The SMILES string of the molecule is COC(=O)N1C[C@H]2CN(c3nc(-c4ccc5cnn(C(C)C)c5c4)no3)C[C@@H]2C1. The minimum Gasteiger partial charge on any atom is -0.453 e. The summed E-state index contributed by atoms with van der Waals surface area (Å²) >= 11 is 0. The molecule has 0 spiro atoms. The maximum absolute atomic E-state index is 11.7. The Balaban J connectivity index is 1.34.